The molecule has 1 aliphatic rings. The molecule has 23 heavy (non-hydrogen) atoms. The van der Waals surface area contributed by atoms with Crippen LogP contribution in [-0.2, 0) is 11.0 Å². The van der Waals surface area contributed by atoms with Crippen molar-refractivity contribution in [3.05, 3.63) is 52.7 Å². The standard InChI is InChI=1S/C16H11ClF3NO2/c17-14-10(11-7-12(11)15(22)23)4-5-13(21-14)8-2-1-3-9(6-8)16(18,19)20/h1-6,11-12H,7H2,(H,22,23)/t11-,12+/m0/s1. The number of hydrogen-bond acceptors (Lipinski definition) is 2. The van der Waals surface area contributed by atoms with E-state index in [1.54, 1.807) is 12.1 Å². The Labute approximate surface area is 134 Å². The predicted molar refractivity (Wildman–Crippen MR) is 78.2 cm³/mol. The zero-order valence-corrected chi connectivity index (χ0v) is 12.4. The minimum atomic E-state index is -4.43. The van der Waals surface area contributed by atoms with Crippen molar-refractivity contribution in [3.8, 4) is 11.3 Å². The first-order valence-corrected chi connectivity index (χ1v) is 7.22. The molecule has 1 aromatic carbocycles. The fourth-order valence-corrected chi connectivity index (χ4v) is 2.84. The Balaban J connectivity index is 1.91. The first-order valence-electron chi connectivity index (χ1n) is 6.84. The molecule has 0 unspecified atom stereocenters. The molecule has 0 saturated heterocycles. The van der Waals surface area contributed by atoms with Gasteiger partial charge in [-0.25, -0.2) is 4.98 Å². The molecule has 1 heterocycles. The van der Waals surface area contributed by atoms with E-state index in [1.165, 1.54) is 12.1 Å². The van der Waals surface area contributed by atoms with Crippen molar-refractivity contribution < 1.29 is 23.1 Å². The van der Waals surface area contributed by atoms with E-state index < -0.39 is 23.6 Å². The molecule has 2 aromatic rings. The van der Waals surface area contributed by atoms with E-state index >= 15 is 0 Å². The molecule has 1 aliphatic carbocycles. The highest BCUT2D eigenvalue weighted by atomic mass is 35.5. The predicted octanol–water partition coefficient (Wildman–Crippen LogP) is 4.61. The Bertz CT molecular complexity index is 776. The quantitative estimate of drug-likeness (QED) is 0.829. The van der Waals surface area contributed by atoms with Gasteiger partial charge in [0.15, 0.2) is 0 Å². The summed E-state index contributed by atoms with van der Waals surface area (Å²) < 4.78 is 38.3. The van der Waals surface area contributed by atoms with E-state index in [0.717, 1.165) is 12.1 Å². The van der Waals surface area contributed by atoms with Gasteiger partial charge in [-0.05, 0) is 30.2 Å². The van der Waals surface area contributed by atoms with E-state index in [1.807, 2.05) is 0 Å². The Kier molecular flexibility index (Phi) is 3.80. The molecule has 0 bridgehead atoms. The summed E-state index contributed by atoms with van der Waals surface area (Å²) in [5.74, 6) is -1.52. The number of carboxylic acids is 1. The van der Waals surface area contributed by atoms with Crippen LogP contribution in [0.4, 0.5) is 13.2 Å². The third kappa shape index (κ3) is 3.17. The number of carboxylic acid groups (broad SMARTS) is 1. The lowest BCUT2D eigenvalue weighted by molar-refractivity contribution is -0.139. The second-order valence-electron chi connectivity index (χ2n) is 5.44. The van der Waals surface area contributed by atoms with Gasteiger partial charge in [-0.2, -0.15) is 13.2 Å². The molecule has 1 aromatic heterocycles. The Morgan fingerprint density at radius 1 is 1.26 bits per heavy atom. The summed E-state index contributed by atoms with van der Waals surface area (Å²) in [6, 6.07) is 8.02. The molecule has 1 saturated carbocycles. The summed E-state index contributed by atoms with van der Waals surface area (Å²) in [5, 5.41) is 9.08. The maximum atomic E-state index is 12.8. The molecule has 7 heteroatoms. The van der Waals surface area contributed by atoms with E-state index in [-0.39, 0.29) is 11.1 Å². The van der Waals surface area contributed by atoms with E-state index in [0.29, 0.717) is 23.2 Å². The number of alkyl halides is 3. The van der Waals surface area contributed by atoms with Crippen molar-refractivity contribution in [1.29, 1.82) is 0 Å². The zero-order chi connectivity index (χ0) is 16.8. The average molecular weight is 342 g/mol. The van der Waals surface area contributed by atoms with Gasteiger partial charge in [0.25, 0.3) is 0 Å². The summed E-state index contributed by atoms with van der Waals surface area (Å²) in [6.45, 7) is 0. The molecular formula is C16H11ClF3NO2. The molecule has 0 radical (unpaired) electrons. The third-order valence-corrected chi connectivity index (χ3v) is 4.17. The van der Waals surface area contributed by atoms with Gasteiger partial charge in [0, 0.05) is 11.5 Å². The van der Waals surface area contributed by atoms with Gasteiger partial charge in [-0.3, -0.25) is 4.79 Å². The van der Waals surface area contributed by atoms with Crippen LogP contribution in [0, 0.1) is 5.92 Å². The molecule has 2 atom stereocenters. The molecule has 3 rings (SSSR count). The Morgan fingerprint density at radius 2 is 2.00 bits per heavy atom. The van der Waals surface area contributed by atoms with Crippen molar-refractivity contribution >= 4 is 17.6 Å². The lowest BCUT2D eigenvalue weighted by atomic mass is 10.1. The Morgan fingerprint density at radius 3 is 2.57 bits per heavy atom. The van der Waals surface area contributed by atoms with Crippen LogP contribution in [-0.4, -0.2) is 16.1 Å². The van der Waals surface area contributed by atoms with Gasteiger partial charge in [0.1, 0.15) is 5.15 Å². The van der Waals surface area contributed by atoms with E-state index in [4.69, 9.17) is 16.7 Å². The van der Waals surface area contributed by atoms with Gasteiger partial charge in [-0.1, -0.05) is 29.8 Å². The van der Waals surface area contributed by atoms with Gasteiger partial charge in [-0.15, -0.1) is 0 Å². The van der Waals surface area contributed by atoms with Crippen molar-refractivity contribution in [2.24, 2.45) is 5.92 Å². The third-order valence-electron chi connectivity index (χ3n) is 3.87. The highest BCUT2D eigenvalue weighted by Gasteiger charge is 2.45. The monoisotopic (exact) mass is 341 g/mol. The number of benzene rings is 1. The molecule has 0 aliphatic heterocycles. The molecule has 120 valence electrons. The lowest BCUT2D eigenvalue weighted by Gasteiger charge is -2.09. The number of halogens is 4. The first kappa shape index (κ1) is 15.8. The number of aromatic nitrogens is 1. The van der Waals surface area contributed by atoms with Crippen LogP contribution in [0.5, 0.6) is 0 Å². The maximum Gasteiger partial charge on any atom is 0.416 e. The number of nitrogens with zero attached hydrogens (tertiary/aromatic N) is 1. The highest BCUT2D eigenvalue weighted by molar-refractivity contribution is 6.30. The summed E-state index contributed by atoms with van der Waals surface area (Å²) in [7, 11) is 0. The fourth-order valence-electron chi connectivity index (χ4n) is 2.55. The van der Waals surface area contributed by atoms with E-state index in [2.05, 4.69) is 4.98 Å². The molecular weight excluding hydrogens is 331 g/mol. The summed E-state index contributed by atoms with van der Waals surface area (Å²) in [6.07, 6.45) is -3.93. The lowest BCUT2D eigenvalue weighted by Crippen LogP contribution is -2.04. The SMILES string of the molecule is O=C(O)[C@@H]1C[C@H]1c1ccc(-c2cccc(C(F)(F)F)c2)nc1Cl. The van der Waals surface area contributed by atoms with Crippen LogP contribution < -0.4 is 0 Å². The summed E-state index contributed by atoms with van der Waals surface area (Å²) in [4.78, 5) is 15.0. The normalized spacial score (nSPS) is 20.3. The van der Waals surface area contributed by atoms with Gasteiger partial charge < -0.3 is 5.11 Å². The van der Waals surface area contributed by atoms with Crippen molar-refractivity contribution in [3.63, 3.8) is 0 Å². The number of hydrogen-bond donors (Lipinski definition) is 1. The second-order valence-corrected chi connectivity index (χ2v) is 5.80. The average Bonchev–Trinajstić information content (AvgIpc) is 3.27. The molecule has 1 fully saturated rings. The van der Waals surface area contributed by atoms with Crippen molar-refractivity contribution in [2.75, 3.05) is 0 Å². The maximum absolute atomic E-state index is 12.8. The molecule has 0 spiro atoms. The van der Waals surface area contributed by atoms with E-state index in [9.17, 15) is 18.0 Å². The van der Waals surface area contributed by atoms with Crippen LogP contribution in [0.25, 0.3) is 11.3 Å². The molecule has 3 nitrogen and oxygen atoms in total. The number of carbonyl (C=O) groups is 1. The minimum Gasteiger partial charge on any atom is -0.481 e. The van der Waals surface area contributed by atoms with Crippen LogP contribution in [0.2, 0.25) is 5.15 Å². The van der Waals surface area contributed by atoms with Crippen LogP contribution in [0.3, 0.4) is 0 Å². The van der Waals surface area contributed by atoms with Crippen LogP contribution in [0.1, 0.15) is 23.5 Å². The number of aliphatic carboxylic acids is 1. The molecule has 0 amide bonds. The van der Waals surface area contributed by atoms with Crippen LogP contribution in [0.15, 0.2) is 36.4 Å². The Hall–Kier alpha value is -2.08. The minimum absolute atomic E-state index is 0.133. The summed E-state index contributed by atoms with van der Waals surface area (Å²) in [5.41, 5.74) is 0.483. The second kappa shape index (κ2) is 5.53. The number of rotatable bonds is 3. The van der Waals surface area contributed by atoms with Gasteiger partial charge in [0.2, 0.25) is 0 Å². The largest absolute Gasteiger partial charge is 0.481 e. The smallest absolute Gasteiger partial charge is 0.416 e. The van der Waals surface area contributed by atoms with Crippen molar-refractivity contribution in [1.82, 2.24) is 4.98 Å². The first-order chi connectivity index (χ1) is 10.8. The molecule has 1 N–H and O–H groups in total. The summed E-state index contributed by atoms with van der Waals surface area (Å²) >= 11 is 6.09. The zero-order valence-electron chi connectivity index (χ0n) is 11.6. The van der Waals surface area contributed by atoms with Crippen LogP contribution >= 0.6 is 11.6 Å². The van der Waals surface area contributed by atoms with Gasteiger partial charge in [0.05, 0.1) is 17.2 Å². The topological polar surface area (TPSA) is 50.2 Å². The van der Waals surface area contributed by atoms with Crippen molar-refractivity contribution in [2.45, 2.75) is 18.5 Å². The van der Waals surface area contributed by atoms with Gasteiger partial charge >= 0.3 is 12.1 Å². The number of pyridine rings is 1. The highest BCUT2D eigenvalue weighted by Crippen LogP contribution is 2.49. The fraction of sp³-hybridized carbons (Fsp3) is 0.250.